The number of nitrogens with zero attached hydrogens (tertiary/aromatic N) is 3. The Bertz CT molecular complexity index is 730. The van der Waals surface area contributed by atoms with Gasteiger partial charge in [0.25, 0.3) is 0 Å². The Hall–Kier alpha value is -1.48. The number of fused-ring (bicyclic) bond motifs is 1. The van der Waals surface area contributed by atoms with E-state index in [1.807, 2.05) is 7.05 Å². The van der Waals surface area contributed by atoms with Crippen molar-refractivity contribution in [2.75, 3.05) is 12.8 Å². The fraction of sp³-hybridized carbons (Fsp3) is 0.812. The summed E-state index contributed by atoms with van der Waals surface area (Å²) in [4.78, 5) is 12.6. The monoisotopic (exact) mass is 369 g/mol. The topological polar surface area (TPSA) is 106 Å². The maximum Gasteiger partial charge on any atom is 0.223 e. The van der Waals surface area contributed by atoms with Crippen molar-refractivity contribution in [1.82, 2.24) is 25.0 Å². The lowest BCUT2D eigenvalue weighted by Gasteiger charge is -2.32. The molecule has 3 rings (SSSR count). The molecule has 140 valence electrons. The molecule has 0 spiro atoms. The van der Waals surface area contributed by atoms with Gasteiger partial charge in [-0.2, -0.15) is 0 Å². The molecule has 1 saturated carbocycles. The third-order valence-electron chi connectivity index (χ3n) is 5.38. The SMILES string of the molecule is Cn1nnc2c1CC(C(=O)NCC1CCCCC1NS(C)(=O)=O)CC2. The number of rotatable bonds is 5. The first-order chi connectivity index (χ1) is 11.8. The Morgan fingerprint density at radius 2 is 2.04 bits per heavy atom. The van der Waals surface area contributed by atoms with Crippen LogP contribution >= 0.6 is 0 Å². The van der Waals surface area contributed by atoms with Gasteiger partial charge < -0.3 is 5.32 Å². The Morgan fingerprint density at radius 1 is 1.28 bits per heavy atom. The Labute approximate surface area is 148 Å². The summed E-state index contributed by atoms with van der Waals surface area (Å²) in [7, 11) is -1.37. The second kappa shape index (κ2) is 7.41. The molecule has 0 bridgehead atoms. The van der Waals surface area contributed by atoms with Crippen LogP contribution in [0.2, 0.25) is 0 Å². The highest BCUT2D eigenvalue weighted by molar-refractivity contribution is 7.88. The van der Waals surface area contributed by atoms with Crippen molar-refractivity contribution in [2.24, 2.45) is 18.9 Å². The van der Waals surface area contributed by atoms with Gasteiger partial charge in [-0.15, -0.1) is 5.10 Å². The van der Waals surface area contributed by atoms with Crippen molar-refractivity contribution < 1.29 is 13.2 Å². The summed E-state index contributed by atoms with van der Waals surface area (Å²) in [5.74, 6) is 0.148. The zero-order valence-electron chi connectivity index (χ0n) is 14.9. The molecule has 0 radical (unpaired) electrons. The zero-order chi connectivity index (χ0) is 18.0. The van der Waals surface area contributed by atoms with Gasteiger partial charge in [-0.25, -0.2) is 13.1 Å². The van der Waals surface area contributed by atoms with Crippen molar-refractivity contribution in [2.45, 2.75) is 51.0 Å². The Morgan fingerprint density at radius 3 is 2.80 bits per heavy atom. The highest BCUT2D eigenvalue weighted by Gasteiger charge is 2.31. The standard InChI is InChI=1S/C16H27N5O3S/c1-21-15-9-11(7-8-14(15)18-20-21)16(22)17-10-12-5-3-4-6-13(12)19-25(2,23)24/h11-13,19H,3-10H2,1-2H3,(H,17,22). The molecule has 25 heavy (non-hydrogen) atoms. The summed E-state index contributed by atoms with van der Waals surface area (Å²) in [6.07, 6.45) is 7.30. The first kappa shape index (κ1) is 18.3. The van der Waals surface area contributed by atoms with Gasteiger partial charge in [0, 0.05) is 32.0 Å². The molecule has 0 aromatic carbocycles. The molecule has 0 aliphatic heterocycles. The second-order valence-electron chi connectivity index (χ2n) is 7.33. The van der Waals surface area contributed by atoms with Gasteiger partial charge >= 0.3 is 0 Å². The molecule has 1 heterocycles. The average Bonchev–Trinajstić information content (AvgIpc) is 2.93. The van der Waals surface area contributed by atoms with E-state index in [1.54, 1.807) is 4.68 Å². The third kappa shape index (κ3) is 4.58. The molecule has 1 fully saturated rings. The number of aryl methyl sites for hydroxylation is 2. The summed E-state index contributed by atoms with van der Waals surface area (Å²) >= 11 is 0. The van der Waals surface area contributed by atoms with Gasteiger partial charge in [-0.1, -0.05) is 18.1 Å². The molecule has 2 N–H and O–H groups in total. The predicted molar refractivity (Wildman–Crippen MR) is 93.3 cm³/mol. The minimum absolute atomic E-state index is 0.0514. The quantitative estimate of drug-likeness (QED) is 0.768. The van der Waals surface area contributed by atoms with Crippen LogP contribution in [0.25, 0.3) is 0 Å². The molecule has 2 aliphatic carbocycles. The van der Waals surface area contributed by atoms with E-state index in [-0.39, 0.29) is 23.8 Å². The van der Waals surface area contributed by atoms with Gasteiger partial charge in [0.2, 0.25) is 15.9 Å². The van der Waals surface area contributed by atoms with Crippen LogP contribution in [0, 0.1) is 11.8 Å². The summed E-state index contributed by atoms with van der Waals surface area (Å²) in [5.41, 5.74) is 2.04. The second-order valence-corrected chi connectivity index (χ2v) is 9.11. The van der Waals surface area contributed by atoms with Gasteiger partial charge in [-0.05, 0) is 31.6 Å². The first-order valence-electron chi connectivity index (χ1n) is 8.96. The van der Waals surface area contributed by atoms with Crippen LogP contribution in [0.4, 0.5) is 0 Å². The lowest BCUT2D eigenvalue weighted by atomic mass is 9.84. The zero-order valence-corrected chi connectivity index (χ0v) is 15.7. The van der Waals surface area contributed by atoms with Crippen LogP contribution in [-0.2, 0) is 34.7 Å². The Balaban J connectivity index is 1.55. The third-order valence-corrected chi connectivity index (χ3v) is 6.11. The van der Waals surface area contributed by atoms with E-state index < -0.39 is 10.0 Å². The van der Waals surface area contributed by atoms with Crippen molar-refractivity contribution in [1.29, 1.82) is 0 Å². The number of nitrogens with one attached hydrogen (secondary N) is 2. The Kier molecular flexibility index (Phi) is 5.43. The van der Waals surface area contributed by atoms with E-state index in [0.717, 1.165) is 49.9 Å². The number of sulfonamides is 1. The summed E-state index contributed by atoms with van der Waals surface area (Å²) in [5, 5.41) is 11.2. The minimum atomic E-state index is -3.23. The van der Waals surface area contributed by atoms with Crippen LogP contribution in [0.1, 0.15) is 43.5 Å². The lowest BCUT2D eigenvalue weighted by molar-refractivity contribution is -0.125. The highest BCUT2D eigenvalue weighted by Crippen LogP contribution is 2.26. The van der Waals surface area contributed by atoms with Crippen molar-refractivity contribution in [3.05, 3.63) is 11.4 Å². The number of amides is 1. The van der Waals surface area contributed by atoms with E-state index >= 15 is 0 Å². The van der Waals surface area contributed by atoms with Crippen molar-refractivity contribution in [3.8, 4) is 0 Å². The molecule has 9 heteroatoms. The van der Waals surface area contributed by atoms with Gasteiger partial charge in [0.1, 0.15) is 0 Å². The van der Waals surface area contributed by atoms with Crippen LogP contribution < -0.4 is 10.0 Å². The van der Waals surface area contributed by atoms with E-state index in [9.17, 15) is 13.2 Å². The largest absolute Gasteiger partial charge is 0.356 e. The highest BCUT2D eigenvalue weighted by atomic mass is 32.2. The maximum atomic E-state index is 12.6. The number of aromatic nitrogens is 3. The predicted octanol–water partition coefficient (Wildman–Crippen LogP) is 0.144. The van der Waals surface area contributed by atoms with Crippen LogP contribution in [0.5, 0.6) is 0 Å². The summed E-state index contributed by atoms with van der Waals surface area (Å²) in [6.45, 7) is 0.527. The molecule has 8 nitrogen and oxygen atoms in total. The molecule has 2 aliphatic rings. The molecule has 3 atom stereocenters. The lowest BCUT2D eigenvalue weighted by Crippen LogP contribution is -2.47. The van der Waals surface area contributed by atoms with Gasteiger partial charge in [0.15, 0.2) is 0 Å². The molecular formula is C16H27N5O3S. The van der Waals surface area contributed by atoms with Gasteiger partial charge in [-0.3, -0.25) is 9.48 Å². The van der Waals surface area contributed by atoms with E-state index in [0.29, 0.717) is 13.0 Å². The first-order valence-corrected chi connectivity index (χ1v) is 10.8. The van der Waals surface area contributed by atoms with E-state index in [2.05, 4.69) is 20.4 Å². The molecule has 1 aromatic rings. The summed E-state index contributed by atoms with van der Waals surface area (Å²) in [6, 6.07) is -0.0803. The van der Waals surface area contributed by atoms with Crippen LogP contribution in [-0.4, -0.2) is 48.2 Å². The normalized spacial score (nSPS) is 26.9. The number of carbonyl (C=O) groups excluding carboxylic acids is 1. The summed E-state index contributed by atoms with van der Waals surface area (Å²) < 4.78 is 27.6. The van der Waals surface area contributed by atoms with E-state index in [1.165, 1.54) is 6.26 Å². The molecule has 0 saturated heterocycles. The van der Waals surface area contributed by atoms with Crippen molar-refractivity contribution >= 4 is 15.9 Å². The number of hydrogen-bond donors (Lipinski definition) is 2. The molecule has 1 amide bonds. The number of hydrogen-bond acceptors (Lipinski definition) is 5. The molecule has 1 aromatic heterocycles. The smallest absolute Gasteiger partial charge is 0.223 e. The van der Waals surface area contributed by atoms with Crippen molar-refractivity contribution in [3.63, 3.8) is 0 Å². The fourth-order valence-electron chi connectivity index (χ4n) is 3.99. The van der Waals surface area contributed by atoms with E-state index in [4.69, 9.17) is 0 Å². The minimum Gasteiger partial charge on any atom is -0.356 e. The molecular weight excluding hydrogens is 342 g/mol. The van der Waals surface area contributed by atoms with Crippen LogP contribution in [0.15, 0.2) is 0 Å². The molecule has 3 unspecified atom stereocenters. The average molecular weight is 369 g/mol. The van der Waals surface area contributed by atoms with Crippen LogP contribution in [0.3, 0.4) is 0 Å². The fourth-order valence-corrected chi connectivity index (χ4v) is 4.85. The maximum absolute atomic E-state index is 12.6. The van der Waals surface area contributed by atoms with Gasteiger partial charge in [0.05, 0.1) is 17.6 Å². The number of carbonyl (C=O) groups is 1.